The fourth-order valence-electron chi connectivity index (χ4n) is 4.68. The molecule has 1 nitrogen and oxygen atoms in total. The van der Waals surface area contributed by atoms with E-state index in [0.717, 1.165) is 11.7 Å². The lowest BCUT2D eigenvalue weighted by atomic mass is 9.77. The summed E-state index contributed by atoms with van der Waals surface area (Å²) in [4.78, 5) is 0. The molecule has 1 aliphatic carbocycles. The van der Waals surface area contributed by atoms with Gasteiger partial charge in [0.05, 0.1) is 0 Å². The molecule has 0 spiro atoms. The number of hydrogen-bond acceptors (Lipinski definition) is 1. The molecule has 2 heteroatoms. The lowest BCUT2D eigenvalue weighted by Gasteiger charge is -2.42. The highest BCUT2D eigenvalue weighted by molar-refractivity contribution is 7.71. The SMILES string of the molecule is Cc1ccc(CP(=O)(c2ccccc2)C2CC(C)CCC2C(C)C)cc1. The third-order valence-electron chi connectivity index (χ3n) is 6.25. The van der Waals surface area contributed by atoms with Crippen LogP contribution in [0, 0.1) is 24.7 Å². The van der Waals surface area contributed by atoms with E-state index in [2.05, 4.69) is 64.1 Å². The largest absolute Gasteiger partial charge is 0.318 e. The Balaban J connectivity index is 2.04. The van der Waals surface area contributed by atoms with Crippen molar-refractivity contribution in [3.63, 3.8) is 0 Å². The van der Waals surface area contributed by atoms with Gasteiger partial charge in [0, 0.05) is 17.1 Å². The van der Waals surface area contributed by atoms with Crippen LogP contribution in [-0.2, 0) is 10.7 Å². The first-order valence-electron chi connectivity index (χ1n) is 10.1. The van der Waals surface area contributed by atoms with Gasteiger partial charge in [-0.1, -0.05) is 87.4 Å². The van der Waals surface area contributed by atoms with Crippen LogP contribution in [0.5, 0.6) is 0 Å². The summed E-state index contributed by atoms with van der Waals surface area (Å²) in [6.45, 7) is 9.08. The first-order chi connectivity index (χ1) is 12.4. The zero-order valence-electron chi connectivity index (χ0n) is 16.7. The number of rotatable bonds is 5. The van der Waals surface area contributed by atoms with Gasteiger partial charge in [-0.3, -0.25) is 0 Å². The van der Waals surface area contributed by atoms with Crippen molar-refractivity contribution in [2.75, 3.05) is 0 Å². The van der Waals surface area contributed by atoms with Crippen molar-refractivity contribution in [1.82, 2.24) is 0 Å². The van der Waals surface area contributed by atoms with Gasteiger partial charge in [0.25, 0.3) is 0 Å². The van der Waals surface area contributed by atoms with Crippen molar-refractivity contribution >= 4 is 12.4 Å². The van der Waals surface area contributed by atoms with Crippen molar-refractivity contribution in [3.05, 3.63) is 65.7 Å². The Hall–Kier alpha value is -1.33. The van der Waals surface area contributed by atoms with Crippen LogP contribution in [0.1, 0.15) is 51.2 Å². The van der Waals surface area contributed by atoms with Crippen molar-refractivity contribution in [1.29, 1.82) is 0 Å². The lowest BCUT2D eigenvalue weighted by Crippen LogP contribution is -2.35. The predicted molar refractivity (Wildman–Crippen MR) is 114 cm³/mol. The molecule has 3 rings (SSSR count). The fourth-order valence-corrected chi connectivity index (χ4v) is 8.72. The molecular formula is C24H33OP. The summed E-state index contributed by atoms with van der Waals surface area (Å²) >= 11 is 0. The predicted octanol–water partition coefficient (Wildman–Crippen LogP) is 6.64. The summed E-state index contributed by atoms with van der Waals surface area (Å²) in [5, 5.41) is 1.07. The summed E-state index contributed by atoms with van der Waals surface area (Å²) in [7, 11) is -2.53. The van der Waals surface area contributed by atoms with E-state index in [1.54, 1.807) is 0 Å². The van der Waals surface area contributed by atoms with E-state index in [0.29, 0.717) is 29.6 Å². The number of aryl methyl sites for hydroxylation is 1. The third-order valence-corrected chi connectivity index (χ3v) is 9.93. The van der Waals surface area contributed by atoms with E-state index < -0.39 is 7.14 Å². The molecule has 26 heavy (non-hydrogen) atoms. The van der Waals surface area contributed by atoms with Gasteiger partial charge in [0.2, 0.25) is 0 Å². The fraction of sp³-hybridized carbons (Fsp3) is 0.500. The van der Waals surface area contributed by atoms with E-state index in [1.807, 2.05) is 18.2 Å². The molecule has 1 saturated carbocycles. The Morgan fingerprint density at radius 3 is 2.27 bits per heavy atom. The highest BCUT2D eigenvalue weighted by atomic mass is 31.2. The molecule has 0 heterocycles. The van der Waals surface area contributed by atoms with Crippen LogP contribution in [0.25, 0.3) is 0 Å². The Morgan fingerprint density at radius 2 is 1.65 bits per heavy atom. The molecular weight excluding hydrogens is 335 g/mol. The second-order valence-electron chi connectivity index (χ2n) is 8.67. The van der Waals surface area contributed by atoms with Gasteiger partial charge in [0.15, 0.2) is 0 Å². The maximum absolute atomic E-state index is 14.7. The van der Waals surface area contributed by atoms with Crippen LogP contribution in [0.2, 0.25) is 0 Å². The minimum atomic E-state index is -2.53. The average Bonchev–Trinajstić information content (AvgIpc) is 2.64. The topological polar surface area (TPSA) is 17.1 Å². The van der Waals surface area contributed by atoms with Crippen LogP contribution in [0.15, 0.2) is 54.6 Å². The van der Waals surface area contributed by atoms with Gasteiger partial charge in [-0.15, -0.1) is 0 Å². The van der Waals surface area contributed by atoms with E-state index in [9.17, 15) is 4.57 Å². The maximum Gasteiger partial charge on any atom is 0.123 e. The Morgan fingerprint density at radius 1 is 1.00 bits per heavy atom. The highest BCUT2D eigenvalue weighted by Gasteiger charge is 2.43. The molecule has 0 saturated heterocycles. The normalized spacial score (nSPS) is 25.8. The third kappa shape index (κ3) is 4.15. The summed E-state index contributed by atoms with van der Waals surface area (Å²) in [6, 6.07) is 19.0. The van der Waals surface area contributed by atoms with Crippen LogP contribution >= 0.6 is 7.14 Å². The molecule has 4 atom stereocenters. The van der Waals surface area contributed by atoms with Crippen molar-refractivity contribution in [2.45, 2.75) is 58.8 Å². The molecule has 0 aromatic heterocycles. The van der Waals surface area contributed by atoms with E-state index in [1.165, 1.54) is 24.0 Å². The standard InChI is InChI=1S/C24H33OP/c1-18(2)23-15-12-20(4)16-24(23)26(25,22-8-6-5-7-9-22)17-21-13-10-19(3)11-14-21/h5-11,13-14,18,20,23-24H,12,15-17H2,1-4H3. The molecule has 0 amide bonds. The van der Waals surface area contributed by atoms with Crippen LogP contribution in [-0.4, -0.2) is 5.66 Å². The average molecular weight is 369 g/mol. The van der Waals surface area contributed by atoms with Gasteiger partial charge in [-0.2, -0.15) is 0 Å². The Labute approximate surface area is 159 Å². The van der Waals surface area contributed by atoms with E-state index in [4.69, 9.17) is 0 Å². The zero-order valence-corrected chi connectivity index (χ0v) is 17.6. The number of benzene rings is 2. The second kappa shape index (κ2) is 8.13. The highest BCUT2D eigenvalue weighted by Crippen LogP contribution is 2.60. The van der Waals surface area contributed by atoms with Gasteiger partial charge in [-0.05, 0) is 43.1 Å². The maximum atomic E-state index is 14.7. The van der Waals surface area contributed by atoms with Crippen molar-refractivity contribution < 1.29 is 4.57 Å². The molecule has 4 unspecified atom stereocenters. The van der Waals surface area contributed by atoms with Gasteiger partial charge in [0.1, 0.15) is 7.14 Å². The molecule has 1 fully saturated rings. The van der Waals surface area contributed by atoms with E-state index in [-0.39, 0.29) is 0 Å². The first kappa shape index (κ1) is 19.4. The van der Waals surface area contributed by atoms with Crippen molar-refractivity contribution in [2.24, 2.45) is 17.8 Å². The summed E-state index contributed by atoms with van der Waals surface area (Å²) in [5.74, 6) is 1.82. The molecule has 1 aliphatic rings. The van der Waals surface area contributed by atoms with Crippen LogP contribution < -0.4 is 5.30 Å². The minimum Gasteiger partial charge on any atom is -0.318 e. The van der Waals surface area contributed by atoms with Gasteiger partial charge in [-0.25, -0.2) is 0 Å². The van der Waals surface area contributed by atoms with Gasteiger partial charge >= 0.3 is 0 Å². The molecule has 2 aromatic rings. The summed E-state index contributed by atoms with van der Waals surface area (Å²) < 4.78 is 14.7. The Kier molecular flexibility index (Phi) is 6.08. The van der Waals surface area contributed by atoms with Crippen LogP contribution in [0.3, 0.4) is 0 Å². The monoisotopic (exact) mass is 368 g/mol. The molecule has 140 valence electrons. The molecule has 0 radical (unpaired) electrons. The smallest absolute Gasteiger partial charge is 0.123 e. The summed E-state index contributed by atoms with van der Waals surface area (Å²) in [5.41, 5.74) is 2.77. The number of hydrogen-bond donors (Lipinski definition) is 0. The lowest BCUT2D eigenvalue weighted by molar-refractivity contribution is 0.236. The Bertz CT molecular complexity index is 748. The minimum absolute atomic E-state index is 0.301. The summed E-state index contributed by atoms with van der Waals surface area (Å²) in [6.07, 6.45) is 4.28. The van der Waals surface area contributed by atoms with Crippen LogP contribution in [0.4, 0.5) is 0 Å². The molecule has 0 bridgehead atoms. The van der Waals surface area contributed by atoms with Gasteiger partial charge < -0.3 is 4.57 Å². The van der Waals surface area contributed by atoms with Crippen molar-refractivity contribution in [3.8, 4) is 0 Å². The second-order valence-corrected chi connectivity index (χ2v) is 11.8. The quantitative estimate of drug-likeness (QED) is 0.540. The van der Waals surface area contributed by atoms with E-state index >= 15 is 0 Å². The molecule has 0 aliphatic heterocycles. The zero-order chi connectivity index (χ0) is 18.7. The first-order valence-corrected chi connectivity index (χ1v) is 12.1. The molecule has 2 aromatic carbocycles. The molecule has 0 N–H and O–H groups in total.